The van der Waals surface area contributed by atoms with Gasteiger partial charge in [-0.15, -0.1) is 0 Å². The molecule has 1 spiro atoms. The van der Waals surface area contributed by atoms with Crippen LogP contribution in [0.25, 0.3) is 5.57 Å². The van der Waals surface area contributed by atoms with Gasteiger partial charge in [0.15, 0.2) is 0 Å². The van der Waals surface area contributed by atoms with Crippen LogP contribution in [0.5, 0.6) is 0 Å². The van der Waals surface area contributed by atoms with Crippen LogP contribution in [0.2, 0.25) is 0 Å². The maximum absolute atomic E-state index is 3.54. The molecule has 0 aliphatic heterocycles. The molecule has 2 aliphatic carbocycles. The highest BCUT2D eigenvalue weighted by atomic mass is 79.9. The number of hydrogen-bond acceptors (Lipinski definition) is 0. The Labute approximate surface area is 112 Å². The summed E-state index contributed by atoms with van der Waals surface area (Å²) in [6, 6.07) is 9.08. The number of rotatable bonds is 3. The highest BCUT2D eigenvalue weighted by Crippen LogP contribution is 2.51. The Kier molecular flexibility index (Phi) is 3.12. The van der Waals surface area contributed by atoms with Crippen molar-refractivity contribution in [2.24, 2.45) is 0 Å². The predicted molar refractivity (Wildman–Crippen MR) is 77.6 cm³/mol. The van der Waals surface area contributed by atoms with E-state index in [2.05, 4.69) is 46.3 Å². The lowest BCUT2D eigenvalue weighted by atomic mass is 9.81. The topological polar surface area (TPSA) is 0 Å². The van der Waals surface area contributed by atoms with E-state index in [4.69, 9.17) is 0 Å². The van der Waals surface area contributed by atoms with Crippen molar-refractivity contribution in [2.45, 2.75) is 43.9 Å². The zero-order valence-corrected chi connectivity index (χ0v) is 11.8. The minimum absolute atomic E-state index is 0.415. The molecule has 2 aliphatic rings. The smallest absolute Gasteiger partial charge is 0.0144 e. The number of fused-ring (bicyclic) bond motifs is 2. The summed E-state index contributed by atoms with van der Waals surface area (Å²) in [6.45, 7) is 0. The van der Waals surface area contributed by atoms with E-state index >= 15 is 0 Å². The van der Waals surface area contributed by atoms with Gasteiger partial charge < -0.3 is 0 Å². The number of halogens is 1. The Morgan fingerprint density at radius 1 is 1.12 bits per heavy atom. The van der Waals surface area contributed by atoms with Gasteiger partial charge in [0.1, 0.15) is 0 Å². The lowest BCUT2D eigenvalue weighted by Gasteiger charge is -2.22. The van der Waals surface area contributed by atoms with E-state index < -0.39 is 0 Å². The van der Waals surface area contributed by atoms with Crippen LogP contribution in [0.3, 0.4) is 0 Å². The summed E-state index contributed by atoms with van der Waals surface area (Å²) in [5.74, 6) is 0. The summed E-state index contributed by atoms with van der Waals surface area (Å²) in [6.07, 6.45) is 10.6. The van der Waals surface area contributed by atoms with Crippen molar-refractivity contribution in [3.63, 3.8) is 0 Å². The zero-order valence-electron chi connectivity index (χ0n) is 10.2. The molecule has 0 radical (unpaired) electrons. The maximum atomic E-state index is 3.54. The van der Waals surface area contributed by atoms with Crippen LogP contribution >= 0.6 is 15.9 Å². The van der Waals surface area contributed by atoms with Gasteiger partial charge in [0, 0.05) is 10.7 Å². The van der Waals surface area contributed by atoms with Crippen molar-refractivity contribution in [1.29, 1.82) is 0 Å². The highest BCUT2D eigenvalue weighted by molar-refractivity contribution is 9.09. The first-order valence-electron chi connectivity index (χ1n) is 6.73. The minimum Gasteiger partial charge on any atom is -0.0928 e. The Hall–Kier alpha value is -0.560. The van der Waals surface area contributed by atoms with Crippen LogP contribution in [0.15, 0.2) is 30.3 Å². The van der Waals surface area contributed by atoms with Gasteiger partial charge in [0.2, 0.25) is 0 Å². The lowest BCUT2D eigenvalue weighted by Crippen LogP contribution is -2.16. The molecule has 3 rings (SSSR count). The van der Waals surface area contributed by atoms with E-state index in [0.29, 0.717) is 5.41 Å². The molecule has 1 heteroatoms. The van der Waals surface area contributed by atoms with E-state index in [1.807, 2.05) is 0 Å². The molecule has 1 aromatic carbocycles. The second-order valence-corrected chi connectivity index (χ2v) is 6.16. The second-order valence-electron chi connectivity index (χ2n) is 5.37. The maximum Gasteiger partial charge on any atom is 0.0144 e. The van der Waals surface area contributed by atoms with Gasteiger partial charge in [0.05, 0.1) is 0 Å². The second kappa shape index (κ2) is 4.61. The average Bonchev–Trinajstić information content (AvgIpc) is 2.95. The summed E-state index contributed by atoms with van der Waals surface area (Å²) < 4.78 is 0. The fourth-order valence-electron chi connectivity index (χ4n) is 3.57. The monoisotopic (exact) mass is 290 g/mol. The van der Waals surface area contributed by atoms with Gasteiger partial charge >= 0.3 is 0 Å². The third-order valence-corrected chi connectivity index (χ3v) is 4.90. The van der Waals surface area contributed by atoms with Crippen LogP contribution in [0.4, 0.5) is 0 Å². The molecule has 0 nitrogen and oxygen atoms in total. The Morgan fingerprint density at radius 2 is 1.88 bits per heavy atom. The van der Waals surface area contributed by atoms with Crippen molar-refractivity contribution in [2.75, 3.05) is 5.33 Å². The van der Waals surface area contributed by atoms with Crippen LogP contribution < -0.4 is 0 Å². The predicted octanol–water partition coefficient (Wildman–Crippen LogP) is 5.07. The third kappa shape index (κ3) is 1.89. The van der Waals surface area contributed by atoms with Gasteiger partial charge in [-0.3, -0.25) is 0 Å². The standard InChI is InChI=1S/C16H19Br/c17-11-5-6-13-12-16(9-3-4-10-16)15-8-2-1-7-14(13)15/h1-2,7-8,12H,3-6,9-11H2. The largest absolute Gasteiger partial charge is 0.0928 e. The average molecular weight is 291 g/mol. The molecule has 0 bridgehead atoms. The van der Waals surface area contributed by atoms with E-state index in [1.165, 1.54) is 44.1 Å². The molecule has 0 unspecified atom stereocenters. The third-order valence-electron chi connectivity index (χ3n) is 4.34. The quantitative estimate of drug-likeness (QED) is 0.682. The lowest BCUT2D eigenvalue weighted by molar-refractivity contribution is 0.567. The molecule has 0 saturated heterocycles. The summed E-state index contributed by atoms with van der Waals surface area (Å²) in [5.41, 5.74) is 5.16. The van der Waals surface area contributed by atoms with Gasteiger partial charge in [-0.2, -0.15) is 0 Å². The van der Waals surface area contributed by atoms with Crippen molar-refractivity contribution in [3.05, 3.63) is 41.5 Å². The minimum atomic E-state index is 0.415. The number of hydrogen-bond donors (Lipinski definition) is 0. The molecule has 0 N–H and O–H groups in total. The van der Waals surface area contributed by atoms with Crippen molar-refractivity contribution in [3.8, 4) is 0 Å². The van der Waals surface area contributed by atoms with E-state index in [9.17, 15) is 0 Å². The SMILES string of the molecule is BrCCCC1=CC2(CCCC2)c2ccccc21. The first-order valence-corrected chi connectivity index (χ1v) is 7.85. The molecule has 1 saturated carbocycles. The normalized spacial score (nSPS) is 20.6. The van der Waals surface area contributed by atoms with Crippen molar-refractivity contribution < 1.29 is 0 Å². The van der Waals surface area contributed by atoms with Crippen molar-refractivity contribution in [1.82, 2.24) is 0 Å². The molecule has 17 heavy (non-hydrogen) atoms. The molecule has 1 fully saturated rings. The van der Waals surface area contributed by atoms with Gasteiger partial charge in [-0.25, -0.2) is 0 Å². The summed E-state index contributed by atoms with van der Waals surface area (Å²) in [4.78, 5) is 0. The molecule has 0 heterocycles. The Balaban J connectivity index is 2.00. The molecule has 0 aromatic heterocycles. The Morgan fingerprint density at radius 3 is 2.65 bits per heavy atom. The van der Waals surface area contributed by atoms with Gasteiger partial charge in [0.25, 0.3) is 0 Å². The van der Waals surface area contributed by atoms with E-state index in [1.54, 1.807) is 11.1 Å². The molecule has 0 amide bonds. The van der Waals surface area contributed by atoms with Crippen molar-refractivity contribution >= 4 is 21.5 Å². The number of benzene rings is 1. The summed E-state index contributed by atoms with van der Waals surface area (Å²) in [7, 11) is 0. The number of alkyl halides is 1. The molecule has 0 atom stereocenters. The Bertz CT molecular complexity index is 439. The number of allylic oxidation sites excluding steroid dienone is 2. The van der Waals surface area contributed by atoms with Crippen LogP contribution in [0.1, 0.15) is 49.7 Å². The van der Waals surface area contributed by atoms with E-state index in [0.717, 1.165) is 5.33 Å². The fourth-order valence-corrected chi connectivity index (χ4v) is 3.85. The first kappa shape index (κ1) is 11.5. The molecular formula is C16H19Br. The zero-order chi connectivity index (χ0) is 11.7. The highest BCUT2D eigenvalue weighted by Gasteiger charge is 2.39. The summed E-state index contributed by atoms with van der Waals surface area (Å²) >= 11 is 3.54. The van der Waals surface area contributed by atoms with E-state index in [-0.39, 0.29) is 0 Å². The fraction of sp³-hybridized carbons (Fsp3) is 0.500. The molecule has 90 valence electrons. The first-order chi connectivity index (χ1) is 8.36. The van der Waals surface area contributed by atoms with Gasteiger partial charge in [-0.05, 0) is 42.4 Å². The van der Waals surface area contributed by atoms with Gasteiger partial charge in [-0.1, -0.05) is 59.1 Å². The molecule has 1 aromatic rings. The summed E-state index contributed by atoms with van der Waals surface area (Å²) in [5, 5.41) is 1.11. The van der Waals surface area contributed by atoms with Crippen LogP contribution in [-0.4, -0.2) is 5.33 Å². The van der Waals surface area contributed by atoms with Crippen LogP contribution in [0, 0.1) is 0 Å². The molecular weight excluding hydrogens is 272 g/mol. The van der Waals surface area contributed by atoms with Crippen LogP contribution in [-0.2, 0) is 5.41 Å².